The van der Waals surface area contributed by atoms with Crippen LogP contribution < -0.4 is 5.69 Å². The van der Waals surface area contributed by atoms with Gasteiger partial charge in [-0.25, -0.2) is 18.6 Å². The maximum Gasteiger partial charge on any atom is 0.328 e. The molecule has 2 bridgehead atoms. The van der Waals surface area contributed by atoms with Crippen LogP contribution in [0.15, 0.2) is 52.4 Å². The summed E-state index contributed by atoms with van der Waals surface area (Å²) in [5.41, 5.74) is 1.68. The molecule has 1 aromatic heterocycles. The lowest BCUT2D eigenvalue weighted by Gasteiger charge is -2.40. The van der Waals surface area contributed by atoms with Gasteiger partial charge < -0.3 is 0 Å². The van der Waals surface area contributed by atoms with E-state index in [9.17, 15) is 18.4 Å². The summed E-state index contributed by atoms with van der Waals surface area (Å²) in [6.45, 7) is 0.585. The monoisotopic (exact) mass is 450 g/mol. The van der Waals surface area contributed by atoms with Gasteiger partial charge in [0.15, 0.2) is 0 Å². The lowest BCUT2D eigenvalue weighted by Crippen LogP contribution is -2.45. The molecule has 3 fully saturated rings. The van der Waals surface area contributed by atoms with Crippen molar-refractivity contribution in [3.63, 3.8) is 0 Å². The van der Waals surface area contributed by atoms with Gasteiger partial charge in [-0.05, 0) is 60.9 Å². The number of carbonyl (C=O) groups is 1. The second-order valence-electron chi connectivity index (χ2n) is 9.76. The molecule has 170 valence electrons. The summed E-state index contributed by atoms with van der Waals surface area (Å²) in [7, 11) is 1.78. The fourth-order valence-electron chi connectivity index (χ4n) is 6.26. The molecule has 0 radical (unpaired) electrons. The Hall–Kier alpha value is -3.29. The normalized spacial score (nSPS) is 28.0. The molecule has 3 aliphatic carbocycles. The number of hydrogen-bond acceptors (Lipinski definition) is 3. The summed E-state index contributed by atoms with van der Waals surface area (Å²) in [5.74, 6) is -0.777. The second-order valence-corrected chi connectivity index (χ2v) is 9.76. The third-order valence-corrected chi connectivity index (χ3v) is 7.86. The van der Waals surface area contributed by atoms with Crippen molar-refractivity contribution < 1.29 is 13.6 Å². The Kier molecular flexibility index (Phi) is 4.38. The Morgan fingerprint density at radius 2 is 1.79 bits per heavy atom. The number of hydrogen-bond donors (Lipinski definition) is 0. The summed E-state index contributed by atoms with van der Waals surface area (Å²) in [4.78, 5) is 26.4. The van der Waals surface area contributed by atoms with Crippen molar-refractivity contribution in [2.45, 2.75) is 38.3 Å². The largest absolute Gasteiger partial charge is 0.328 e. The van der Waals surface area contributed by atoms with Gasteiger partial charge in [0, 0.05) is 32.3 Å². The van der Waals surface area contributed by atoms with Crippen LogP contribution in [0, 0.1) is 28.9 Å². The summed E-state index contributed by atoms with van der Waals surface area (Å²) in [6, 6.07) is 10.6. The predicted octanol–water partition coefficient (Wildman–Crippen LogP) is 3.99. The molecule has 7 rings (SSSR count). The average molecular weight is 450 g/mol. The number of hydrazone groups is 1. The first-order chi connectivity index (χ1) is 15.9. The number of para-hydroxylation sites is 2. The quantitative estimate of drug-likeness (QED) is 0.604. The van der Waals surface area contributed by atoms with E-state index in [1.807, 2.05) is 28.8 Å². The van der Waals surface area contributed by atoms with Crippen LogP contribution in [0.1, 0.15) is 37.3 Å². The number of carbonyl (C=O) groups excluding carboxylic acids is 1. The van der Waals surface area contributed by atoms with Crippen LogP contribution >= 0.6 is 0 Å². The highest BCUT2D eigenvalue weighted by Crippen LogP contribution is 2.63. The Bertz CT molecular complexity index is 1350. The Morgan fingerprint density at radius 1 is 1.09 bits per heavy atom. The van der Waals surface area contributed by atoms with Gasteiger partial charge in [0.2, 0.25) is 5.91 Å². The van der Waals surface area contributed by atoms with Crippen molar-refractivity contribution in [2.75, 3.05) is 0 Å². The molecule has 33 heavy (non-hydrogen) atoms. The van der Waals surface area contributed by atoms with Crippen molar-refractivity contribution >= 4 is 23.2 Å². The van der Waals surface area contributed by atoms with Crippen molar-refractivity contribution in [1.29, 1.82) is 0 Å². The Morgan fingerprint density at radius 3 is 2.52 bits per heavy atom. The van der Waals surface area contributed by atoms with Crippen molar-refractivity contribution in [2.24, 2.45) is 29.4 Å². The van der Waals surface area contributed by atoms with E-state index in [0.29, 0.717) is 30.9 Å². The molecule has 1 amide bonds. The predicted molar refractivity (Wildman–Crippen MR) is 119 cm³/mol. The smallest absolute Gasteiger partial charge is 0.295 e. The molecule has 0 N–H and O–H groups in total. The van der Waals surface area contributed by atoms with Crippen LogP contribution in [-0.4, -0.2) is 26.3 Å². The molecule has 6 nitrogen and oxygen atoms in total. The minimum Gasteiger partial charge on any atom is -0.295 e. The highest BCUT2D eigenvalue weighted by molar-refractivity contribution is 5.87. The molecule has 3 aromatic rings. The highest BCUT2D eigenvalue weighted by atomic mass is 19.1. The van der Waals surface area contributed by atoms with E-state index in [4.69, 9.17) is 0 Å². The van der Waals surface area contributed by atoms with E-state index in [2.05, 4.69) is 5.10 Å². The fraction of sp³-hybridized carbons (Fsp3) is 0.400. The van der Waals surface area contributed by atoms with E-state index in [0.717, 1.165) is 29.9 Å². The van der Waals surface area contributed by atoms with Crippen LogP contribution in [0.4, 0.5) is 8.78 Å². The van der Waals surface area contributed by atoms with Gasteiger partial charge >= 0.3 is 5.69 Å². The Balaban J connectivity index is 1.24. The number of halogens is 2. The van der Waals surface area contributed by atoms with Crippen LogP contribution in [0.2, 0.25) is 0 Å². The fourth-order valence-corrected chi connectivity index (χ4v) is 6.26. The zero-order chi connectivity index (χ0) is 22.9. The van der Waals surface area contributed by atoms with Crippen molar-refractivity contribution in [3.05, 3.63) is 70.1 Å². The molecule has 2 unspecified atom stereocenters. The first-order valence-corrected chi connectivity index (χ1v) is 11.3. The van der Waals surface area contributed by atoms with Crippen LogP contribution in [0.3, 0.4) is 0 Å². The van der Waals surface area contributed by atoms with Crippen LogP contribution in [-0.2, 0) is 18.4 Å². The molecule has 8 heteroatoms. The molecule has 0 saturated heterocycles. The van der Waals surface area contributed by atoms with Crippen LogP contribution in [0.5, 0.6) is 0 Å². The third-order valence-electron chi connectivity index (χ3n) is 7.86. The number of nitrogens with zero attached hydrogens (tertiary/aromatic N) is 4. The number of aryl methyl sites for hydroxylation is 1. The standard InChI is InChI=1S/C25H24F2N4O2/c1-29-21-4-2-3-5-22(21)30(24(29)33)14-17-13-25(11-16(17)12-25)23(32)31-20(6-7-28-31)15-8-18(26)10-19(27)9-15/h2-5,7-10,16-17,20H,6,11-14H2,1H3. The molecule has 3 saturated carbocycles. The molecule has 2 heterocycles. The topological polar surface area (TPSA) is 59.6 Å². The number of amides is 1. The highest BCUT2D eigenvalue weighted by Gasteiger charge is 2.62. The van der Waals surface area contributed by atoms with Crippen LogP contribution in [0.25, 0.3) is 11.0 Å². The van der Waals surface area contributed by atoms with Gasteiger partial charge in [-0.2, -0.15) is 5.10 Å². The lowest BCUT2D eigenvalue weighted by atomic mass is 9.68. The van der Waals surface area contributed by atoms with Gasteiger partial charge in [-0.1, -0.05) is 12.1 Å². The number of rotatable bonds is 4. The molecule has 2 atom stereocenters. The first kappa shape index (κ1) is 20.3. The molecule has 1 aliphatic heterocycles. The van der Waals surface area contributed by atoms with E-state index >= 15 is 0 Å². The minimum atomic E-state index is -0.660. The Labute approximate surface area is 189 Å². The van der Waals surface area contributed by atoms with Crippen molar-refractivity contribution in [3.8, 4) is 0 Å². The van der Waals surface area contributed by atoms with E-state index in [1.54, 1.807) is 17.8 Å². The van der Waals surface area contributed by atoms with E-state index in [1.165, 1.54) is 17.1 Å². The zero-order valence-electron chi connectivity index (χ0n) is 18.2. The number of fused-ring (bicyclic) bond motifs is 2. The number of imidazole rings is 1. The number of benzene rings is 2. The summed E-state index contributed by atoms with van der Waals surface area (Å²) >= 11 is 0. The minimum absolute atomic E-state index is 0.0435. The van der Waals surface area contributed by atoms with E-state index in [-0.39, 0.29) is 17.5 Å². The molecule has 2 aromatic carbocycles. The SMILES string of the molecule is Cn1c(=O)n(CC2CC3(C(=O)N4N=CCC4c4cc(F)cc(F)c4)CC2C3)c2ccccc21. The molecule has 4 aliphatic rings. The van der Waals surface area contributed by atoms with Gasteiger partial charge in [0.25, 0.3) is 0 Å². The second kappa shape index (κ2) is 7.10. The maximum atomic E-state index is 13.8. The zero-order valence-corrected chi connectivity index (χ0v) is 18.2. The van der Waals surface area contributed by atoms with Gasteiger partial charge in [0.1, 0.15) is 11.6 Å². The maximum absolute atomic E-state index is 13.8. The summed E-state index contributed by atoms with van der Waals surface area (Å²) in [5, 5.41) is 5.72. The molecular formula is C25H24F2N4O2. The first-order valence-electron chi connectivity index (χ1n) is 11.3. The van der Waals surface area contributed by atoms with Gasteiger partial charge in [-0.15, -0.1) is 0 Å². The summed E-state index contributed by atoms with van der Waals surface area (Å²) < 4.78 is 31.1. The number of aromatic nitrogens is 2. The lowest BCUT2D eigenvalue weighted by molar-refractivity contribution is -0.148. The van der Waals surface area contributed by atoms with Crippen molar-refractivity contribution in [1.82, 2.24) is 14.1 Å². The van der Waals surface area contributed by atoms with E-state index < -0.39 is 23.1 Å². The molecular weight excluding hydrogens is 426 g/mol. The average Bonchev–Trinajstić information content (AvgIpc) is 3.52. The summed E-state index contributed by atoms with van der Waals surface area (Å²) in [6.07, 6.45) is 4.31. The van der Waals surface area contributed by atoms with Gasteiger partial charge in [0.05, 0.1) is 22.5 Å². The molecule has 0 spiro atoms. The van der Waals surface area contributed by atoms with Gasteiger partial charge in [-0.3, -0.25) is 13.9 Å². The third kappa shape index (κ3) is 2.99.